The first kappa shape index (κ1) is 10.8. The number of hydrogen-bond acceptors (Lipinski definition) is 4. The van der Waals surface area contributed by atoms with Crippen molar-refractivity contribution in [2.24, 2.45) is 10.8 Å². The van der Waals surface area contributed by atoms with Crippen LogP contribution in [0.5, 0.6) is 0 Å². The SMILES string of the molecule is CC(=NNC(=O)C(N)=O)c1ccncc1. The highest BCUT2D eigenvalue weighted by atomic mass is 16.2. The van der Waals surface area contributed by atoms with E-state index >= 15 is 0 Å². The summed E-state index contributed by atoms with van der Waals surface area (Å²) in [5.74, 6) is -2.01. The molecule has 6 heteroatoms. The number of carbonyl (C=O) groups is 2. The van der Waals surface area contributed by atoms with Crippen LogP contribution in [0.4, 0.5) is 0 Å². The van der Waals surface area contributed by atoms with Crippen LogP contribution >= 0.6 is 0 Å². The zero-order valence-corrected chi connectivity index (χ0v) is 8.10. The Morgan fingerprint density at radius 3 is 2.53 bits per heavy atom. The van der Waals surface area contributed by atoms with E-state index in [4.69, 9.17) is 5.73 Å². The van der Waals surface area contributed by atoms with E-state index in [9.17, 15) is 9.59 Å². The Hall–Kier alpha value is -2.24. The van der Waals surface area contributed by atoms with E-state index in [-0.39, 0.29) is 0 Å². The molecule has 3 N–H and O–H groups in total. The third-order valence-corrected chi connectivity index (χ3v) is 1.65. The van der Waals surface area contributed by atoms with E-state index in [0.717, 1.165) is 5.56 Å². The molecule has 0 aliphatic rings. The Kier molecular flexibility index (Phi) is 3.50. The third-order valence-electron chi connectivity index (χ3n) is 1.65. The molecule has 1 aromatic rings. The summed E-state index contributed by atoms with van der Waals surface area (Å²) in [7, 11) is 0. The largest absolute Gasteiger partial charge is 0.361 e. The highest BCUT2D eigenvalue weighted by Gasteiger charge is 2.06. The topological polar surface area (TPSA) is 97.4 Å². The van der Waals surface area contributed by atoms with E-state index in [0.29, 0.717) is 5.71 Å². The van der Waals surface area contributed by atoms with Gasteiger partial charge in [0.15, 0.2) is 0 Å². The molecule has 2 amide bonds. The second-order valence-corrected chi connectivity index (χ2v) is 2.74. The van der Waals surface area contributed by atoms with Crippen LogP contribution in [0.1, 0.15) is 12.5 Å². The van der Waals surface area contributed by atoms with Crippen molar-refractivity contribution in [1.82, 2.24) is 10.4 Å². The number of nitrogens with zero attached hydrogens (tertiary/aromatic N) is 2. The third kappa shape index (κ3) is 3.18. The molecule has 0 spiro atoms. The fraction of sp³-hybridized carbons (Fsp3) is 0.111. The molecule has 1 heterocycles. The van der Waals surface area contributed by atoms with Gasteiger partial charge in [0.1, 0.15) is 0 Å². The highest BCUT2D eigenvalue weighted by molar-refractivity contribution is 6.34. The van der Waals surface area contributed by atoms with E-state index in [1.807, 2.05) is 5.43 Å². The number of aromatic nitrogens is 1. The summed E-state index contributed by atoms with van der Waals surface area (Å²) in [5.41, 5.74) is 8.13. The minimum absolute atomic E-state index is 0.562. The van der Waals surface area contributed by atoms with Crippen LogP contribution in [0.15, 0.2) is 29.6 Å². The Labute approximate surface area is 86.2 Å². The zero-order chi connectivity index (χ0) is 11.3. The molecule has 0 aliphatic carbocycles. The van der Waals surface area contributed by atoms with Crippen LogP contribution < -0.4 is 11.2 Å². The van der Waals surface area contributed by atoms with Crippen LogP contribution in [0.3, 0.4) is 0 Å². The van der Waals surface area contributed by atoms with Crippen molar-refractivity contribution < 1.29 is 9.59 Å². The maximum absolute atomic E-state index is 10.8. The molecule has 15 heavy (non-hydrogen) atoms. The van der Waals surface area contributed by atoms with Gasteiger partial charge in [0.25, 0.3) is 0 Å². The number of carbonyl (C=O) groups excluding carboxylic acids is 2. The van der Waals surface area contributed by atoms with Gasteiger partial charge in [-0.1, -0.05) is 0 Å². The predicted octanol–water partition coefficient (Wildman–Crippen LogP) is -0.593. The molecule has 0 atom stereocenters. The molecule has 1 rings (SSSR count). The Balaban J connectivity index is 2.69. The van der Waals surface area contributed by atoms with E-state index in [2.05, 4.69) is 10.1 Å². The molecular formula is C9H10N4O2. The van der Waals surface area contributed by atoms with Gasteiger partial charge in [0.2, 0.25) is 0 Å². The molecule has 6 nitrogen and oxygen atoms in total. The predicted molar refractivity (Wildman–Crippen MR) is 53.8 cm³/mol. The molecule has 0 saturated heterocycles. The lowest BCUT2D eigenvalue weighted by Gasteiger charge is -1.99. The first-order valence-electron chi connectivity index (χ1n) is 4.15. The molecule has 0 unspecified atom stereocenters. The van der Waals surface area contributed by atoms with Crippen molar-refractivity contribution in [2.45, 2.75) is 6.92 Å². The van der Waals surface area contributed by atoms with Gasteiger partial charge in [-0.15, -0.1) is 0 Å². The second-order valence-electron chi connectivity index (χ2n) is 2.74. The van der Waals surface area contributed by atoms with E-state index in [1.165, 1.54) is 0 Å². The monoisotopic (exact) mass is 206 g/mol. The van der Waals surface area contributed by atoms with Gasteiger partial charge in [0, 0.05) is 18.0 Å². The molecule has 0 aromatic carbocycles. The second kappa shape index (κ2) is 4.85. The Morgan fingerprint density at radius 1 is 1.40 bits per heavy atom. The smallest absolute Gasteiger partial charge is 0.329 e. The van der Waals surface area contributed by atoms with Crippen LogP contribution in [0.25, 0.3) is 0 Å². The van der Waals surface area contributed by atoms with E-state index in [1.54, 1.807) is 31.5 Å². The first-order valence-corrected chi connectivity index (χ1v) is 4.15. The fourth-order valence-corrected chi connectivity index (χ4v) is 0.847. The highest BCUT2D eigenvalue weighted by Crippen LogP contribution is 1.97. The van der Waals surface area contributed by atoms with Gasteiger partial charge in [-0.05, 0) is 19.1 Å². The van der Waals surface area contributed by atoms with Crippen LogP contribution in [0, 0.1) is 0 Å². The lowest BCUT2D eigenvalue weighted by molar-refractivity contribution is -0.137. The molecule has 1 aromatic heterocycles. The number of pyridine rings is 1. The maximum atomic E-state index is 10.8. The van der Waals surface area contributed by atoms with Gasteiger partial charge < -0.3 is 5.73 Å². The molecule has 0 radical (unpaired) electrons. The zero-order valence-electron chi connectivity index (χ0n) is 8.10. The molecule has 78 valence electrons. The molecule has 0 saturated carbocycles. The summed E-state index contributed by atoms with van der Waals surface area (Å²) in [6.45, 7) is 1.69. The minimum atomic E-state index is -1.07. The van der Waals surface area contributed by atoms with Crippen molar-refractivity contribution in [2.75, 3.05) is 0 Å². The number of hydrogen-bond donors (Lipinski definition) is 2. The van der Waals surface area contributed by atoms with Crippen molar-refractivity contribution in [3.63, 3.8) is 0 Å². The van der Waals surface area contributed by atoms with E-state index < -0.39 is 11.8 Å². The summed E-state index contributed by atoms with van der Waals surface area (Å²) in [6.07, 6.45) is 3.20. The van der Waals surface area contributed by atoms with Gasteiger partial charge in [0.05, 0.1) is 5.71 Å². The number of nitrogens with one attached hydrogen (secondary N) is 1. The van der Waals surface area contributed by atoms with Gasteiger partial charge in [-0.25, -0.2) is 5.43 Å². The van der Waals surface area contributed by atoms with Crippen LogP contribution in [0.2, 0.25) is 0 Å². The summed E-state index contributed by atoms with van der Waals surface area (Å²) >= 11 is 0. The summed E-state index contributed by atoms with van der Waals surface area (Å²) in [6, 6.07) is 3.46. The summed E-state index contributed by atoms with van der Waals surface area (Å²) in [5, 5.41) is 3.70. The normalized spacial score (nSPS) is 10.9. The molecule has 0 fully saturated rings. The Bertz CT molecular complexity index is 400. The van der Waals surface area contributed by atoms with Crippen molar-refractivity contribution in [1.29, 1.82) is 0 Å². The van der Waals surface area contributed by atoms with Gasteiger partial charge in [-0.2, -0.15) is 5.10 Å². The van der Waals surface area contributed by atoms with Crippen molar-refractivity contribution >= 4 is 17.5 Å². The van der Waals surface area contributed by atoms with Gasteiger partial charge >= 0.3 is 11.8 Å². The Morgan fingerprint density at radius 2 is 2.00 bits per heavy atom. The van der Waals surface area contributed by atoms with Crippen molar-refractivity contribution in [3.8, 4) is 0 Å². The fourth-order valence-electron chi connectivity index (χ4n) is 0.847. The average molecular weight is 206 g/mol. The number of amides is 2. The average Bonchev–Trinajstić information content (AvgIpc) is 2.26. The maximum Gasteiger partial charge on any atom is 0.329 e. The quantitative estimate of drug-likeness (QED) is 0.384. The molecule has 0 bridgehead atoms. The van der Waals surface area contributed by atoms with Crippen molar-refractivity contribution in [3.05, 3.63) is 30.1 Å². The lowest BCUT2D eigenvalue weighted by Crippen LogP contribution is -2.33. The van der Waals surface area contributed by atoms with Gasteiger partial charge in [-0.3, -0.25) is 14.6 Å². The standard InChI is InChI=1S/C9H10N4O2/c1-6(7-2-4-11-5-3-7)12-13-9(15)8(10)14/h2-5H,1H3,(H2,10,14)(H,13,15). The summed E-state index contributed by atoms with van der Waals surface area (Å²) in [4.78, 5) is 25.0. The first-order chi connectivity index (χ1) is 7.11. The molecular weight excluding hydrogens is 196 g/mol. The molecule has 0 aliphatic heterocycles. The number of hydrazone groups is 1. The minimum Gasteiger partial charge on any atom is -0.361 e. The lowest BCUT2D eigenvalue weighted by atomic mass is 10.2. The number of rotatable bonds is 2. The summed E-state index contributed by atoms with van der Waals surface area (Å²) < 4.78 is 0. The number of nitrogens with two attached hydrogens (primary N) is 1. The van der Waals surface area contributed by atoms with Crippen LogP contribution in [-0.4, -0.2) is 22.5 Å². The van der Waals surface area contributed by atoms with Crippen LogP contribution in [-0.2, 0) is 9.59 Å². The number of primary amides is 1.